The van der Waals surface area contributed by atoms with E-state index in [1.54, 1.807) is 12.1 Å². The van der Waals surface area contributed by atoms with Crippen LogP contribution in [0.5, 0.6) is 23.0 Å². The SMILES string of the molecule is CN1Cc2c(ccc3c2OCO3)[C@H]2[C@@H](OC(=O)c3ccccc3)Cc3cc4c(cc3[C@H]21)OCO4. The molecule has 3 aliphatic heterocycles. The molecule has 4 aliphatic rings. The van der Waals surface area contributed by atoms with Crippen LogP contribution >= 0.6 is 0 Å². The van der Waals surface area contributed by atoms with Crippen LogP contribution in [0.3, 0.4) is 0 Å². The molecule has 0 unspecified atom stereocenters. The van der Waals surface area contributed by atoms with E-state index in [2.05, 4.69) is 24.1 Å². The van der Waals surface area contributed by atoms with Gasteiger partial charge in [-0.25, -0.2) is 4.79 Å². The molecule has 0 N–H and O–H groups in total. The minimum absolute atomic E-state index is 0.0136. The minimum atomic E-state index is -0.354. The van der Waals surface area contributed by atoms with Gasteiger partial charge in [0.05, 0.1) is 5.56 Å². The Morgan fingerprint density at radius 1 is 0.912 bits per heavy atom. The Morgan fingerprint density at radius 2 is 1.68 bits per heavy atom. The van der Waals surface area contributed by atoms with Gasteiger partial charge >= 0.3 is 5.97 Å². The normalized spacial score (nSPS) is 23.6. The monoisotopic (exact) mass is 457 g/mol. The molecule has 3 atom stereocenters. The Bertz CT molecular complexity index is 1310. The summed E-state index contributed by atoms with van der Waals surface area (Å²) in [5.74, 6) is 2.69. The van der Waals surface area contributed by atoms with Gasteiger partial charge in [0, 0.05) is 30.5 Å². The third-order valence-corrected chi connectivity index (χ3v) is 7.30. The highest BCUT2D eigenvalue weighted by atomic mass is 16.7. The lowest BCUT2D eigenvalue weighted by Crippen LogP contribution is -2.45. The second kappa shape index (κ2) is 7.40. The van der Waals surface area contributed by atoms with E-state index in [0.29, 0.717) is 18.5 Å². The number of ether oxygens (including phenoxy) is 5. The van der Waals surface area contributed by atoms with Crippen molar-refractivity contribution in [1.82, 2.24) is 4.90 Å². The number of benzene rings is 3. The Labute approximate surface area is 196 Å². The molecule has 3 heterocycles. The van der Waals surface area contributed by atoms with Crippen molar-refractivity contribution in [1.29, 1.82) is 0 Å². The van der Waals surface area contributed by atoms with Crippen LogP contribution in [0.1, 0.15) is 44.6 Å². The lowest BCUT2D eigenvalue weighted by Gasteiger charge is -2.47. The standard InChI is InChI=1S/C27H23NO6/c1-28-12-19-17(7-8-20-26(19)33-14-30-20)24-23(34-27(29)15-5-3-2-4-6-15)10-16-9-21-22(32-13-31-21)11-18(16)25(24)28/h2-9,11,23-25H,10,12-14H2,1H3/t23-,24-,25+/m0/s1. The average molecular weight is 457 g/mol. The summed E-state index contributed by atoms with van der Waals surface area (Å²) >= 11 is 0. The molecule has 7 heteroatoms. The third kappa shape index (κ3) is 2.90. The van der Waals surface area contributed by atoms with Crippen molar-refractivity contribution >= 4 is 5.97 Å². The van der Waals surface area contributed by atoms with Crippen LogP contribution < -0.4 is 18.9 Å². The van der Waals surface area contributed by atoms with Gasteiger partial charge in [-0.15, -0.1) is 0 Å². The predicted molar refractivity (Wildman–Crippen MR) is 121 cm³/mol. The molecule has 0 saturated carbocycles. The molecule has 0 fully saturated rings. The van der Waals surface area contributed by atoms with Crippen LogP contribution in [-0.4, -0.2) is 37.6 Å². The van der Waals surface area contributed by atoms with Crippen molar-refractivity contribution in [2.45, 2.75) is 31.0 Å². The molecule has 7 rings (SSSR count). The van der Waals surface area contributed by atoms with E-state index < -0.39 is 0 Å². The van der Waals surface area contributed by atoms with Crippen molar-refractivity contribution in [3.63, 3.8) is 0 Å². The van der Waals surface area contributed by atoms with Gasteiger partial charge in [0.2, 0.25) is 13.6 Å². The molecule has 0 amide bonds. The van der Waals surface area contributed by atoms with Gasteiger partial charge in [-0.05, 0) is 54.1 Å². The summed E-state index contributed by atoms with van der Waals surface area (Å²) in [6, 6.07) is 17.4. The van der Waals surface area contributed by atoms with Crippen LogP contribution in [0.4, 0.5) is 0 Å². The van der Waals surface area contributed by atoms with Crippen LogP contribution in [0.15, 0.2) is 54.6 Å². The van der Waals surface area contributed by atoms with Crippen molar-refractivity contribution in [3.8, 4) is 23.0 Å². The fraction of sp³-hybridized carbons (Fsp3) is 0.296. The van der Waals surface area contributed by atoms with E-state index in [4.69, 9.17) is 23.7 Å². The second-order valence-electron chi connectivity index (χ2n) is 9.17. The first-order valence-corrected chi connectivity index (χ1v) is 11.5. The summed E-state index contributed by atoms with van der Waals surface area (Å²) in [5.41, 5.74) is 5.09. The molecule has 0 saturated heterocycles. The summed E-state index contributed by atoms with van der Waals surface area (Å²) < 4.78 is 29.1. The first-order chi connectivity index (χ1) is 16.7. The van der Waals surface area contributed by atoms with Gasteiger partial charge < -0.3 is 23.7 Å². The van der Waals surface area contributed by atoms with Crippen molar-refractivity contribution < 1.29 is 28.5 Å². The van der Waals surface area contributed by atoms with Gasteiger partial charge in [0.1, 0.15) is 6.10 Å². The maximum absolute atomic E-state index is 13.1. The molecule has 3 aromatic carbocycles. The van der Waals surface area contributed by atoms with Crippen molar-refractivity contribution in [3.05, 3.63) is 82.4 Å². The molecular weight excluding hydrogens is 434 g/mol. The number of carbonyl (C=O) groups is 1. The van der Waals surface area contributed by atoms with E-state index >= 15 is 0 Å². The largest absolute Gasteiger partial charge is 0.458 e. The zero-order valence-electron chi connectivity index (χ0n) is 18.7. The molecule has 0 spiro atoms. The Kier molecular flexibility index (Phi) is 4.29. The highest BCUT2D eigenvalue weighted by Gasteiger charge is 2.47. The molecule has 0 radical (unpaired) electrons. The van der Waals surface area contributed by atoms with Crippen LogP contribution in [-0.2, 0) is 17.7 Å². The topological polar surface area (TPSA) is 66.5 Å². The number of carbonyl (C=O) groups excluding carboxylic acids is 1. The van der Waals surface area contributed by atoms with E-state index in [1.807, 2.05) is 30.3 Å². The first-order valence-electron chi connectivity index (χ1n) is 11.5. The van der Waals surface area contributed by atoms with Crippen molar-refractivity contribution in [2.75, 3.05) is 20.6 Å². The first kappa shape index (κ1) is 19.7. The number of nitrogens with zero attached hydrogens (tertiary/aromatic N) is 1. The van der Waals surface area contributed by atoms with Gasteiger partial charge in [-0.2, -0.15) is 0 Å². The number of likely N-dealkylation sites (N-methyl/N-ethyl adjacent to an activating group) is 1. The fourth-order valence-electron chi connectivity index (χ4n) is 5.84. The molecule has 7 nitrogen and oxygen atoms in total. The lowest BCUT2D eigenvalue weighted by atomic mass is 9.70. The molecule has 0 aromatic heterocycles. The number of rotatable bonds is 2. The number of esters is 1. The van der Waals surface area contributed by atoms with Gasteiger partial charge in [0.15, 0.2) is 23.0 Å². The number of hydrogen-bond donors (Lipinski definition) is 0. The maximum atomic E-state index is 13.1. The molecule has 1 aliphatic carbocycles. The highest BCUT2D eigenvalue weighted by molar-refractivity contribution is 5.89. The second-order valence-corrected chi connectivity index (χ2v) is 9.17. The maximum Gasteiger partial charge on any atom is 0.338 e. The summed E-state index contributed by atoms with van der Waals surface area (Å²) in [7, 11) is 2.10. The quantitative estimate of drug-likeness (QED) is 0.535. The van der Waals surface area contributed by atoms with Crippen LogP contribution in [0.25, 0.3) is 0 Å². The zero-order valence-corrected chi connectivity index (χ0v) is 18.7. The molecule has 34 heavy (non-hydrogen) atoms. The van der Waals surface area contributed by atoms with Gasteiger partial charge in [0.25, 0.3) is 0 Å². The zero-order chi connectivity index (χ0) is 22.8. The Morgan fingerprint density at radius 3 is 2.53 bits per heavy atom. The summed E-state index contributed by atoms with van der Waals surface area (Å²) in [4.78, 5) is 15.4. The number of hydrogen-bond acceptors (Lipinski definition) is 7. The van der Waals surface area contributed by atoms with E-state index in [-0.39, 0.29) is 37.6 Å². The van der Waals surface area contributed by atoms with Crippen LogP contribution in [0.2, 0.25) is 0 Å². The molecule has 0 bridgehead atoms. The summed E-state index contributed by atoms with van der Waals surface area (Å²) in [5, 5.41) is 0. The Hall–Kier alpha value is -3.71. The van der Waals surface area contributed by atoms with E-state index in [9.17, 15) is 4.79 Å². The average Bonchev–Trinajstić information content (AvgIpc) is 3.52. The highest BCUT2D eigenvalue weighted by Crippen LogP contribution is 2.54. The van der Waals surface area contributed by atoms with Crippen molar-refractivity contribution in [2.24, 2.45) is 0 Å². The van der Waals surface area contributed by atoms with E-state index in [1.165, 1.54) is 5.56 Å². The fourth-order valence-corrected chi connectivity index (χ4v) is 5.84. The minimum Gasteiger partial charge on any atom is -0.458 e. The van der Waals surface area contributed by atoms with Gasteiger partial charge in [-0.3, -0.25) is 4.90 Å². The van der Waals surface area contributed by atoms with Gasteiger partial charge in [-0.1, -0.05) is 24.3 Å². The molecule has 3 aromatic rings. The van der Waals surface area contributed by atoms with Crippen LogP contribution in [0, 0.1) is 0 Å². The lowest BCUT2D eigenvalue weighted by molar-refractivity contribution is 0.00375. The molecular formula is C27H23NO6. The smallest absolute Gasteiger partial charge is 0.338 e. The number of fused-ring (bicyclic) bond motifs is 8. The summed E-state index contributed by atoms with van der Waals surface area (Å²) in [6.45, 7) is 1.15. The third-order valence-electron chi connectivity index (χ3n) is 7.30. The van der Waals surface area contributed by atoms with E-state index in [0.717, 1.165) is 39.7 Å². The molecule has 172 valence electrons. The summed E-state index contributed by atoms with van der Waals surface area (Å²) in [6.07, 6.45) is 0.236. The predicted octanol–water partition coefficient (Wildman–Crippen LogP) is 4.20. The Balaban J connectivity index is 1.36.